The standard InChI is InChI=1S/C64H128O62/c1-2-107-44(106)59(60(46(5-67,6-68)109-31-93,47(7-69,8-70)110-32-94)122-54(21-83,22-84)117-39-101,61(48(9-71,10-72)111-33-95,49(11-73,12-74)112-34-96)123-55(23-85,24-86)118-40-102)64(126-58(29-91,121-43-105)45(3-65,4-66)108-30-92,62(50(13-75,14-76)113-35-97,51(15-77,16-78)114-36-98)124-56(25-87,26-88)119-41-103)63(52(17-79,18-80)115-37-99,53(19-81,20-82)116-38-100)125-57(27-89,28-90)120-42-104/h65-105H,2-43H2,1H3. The van der Waals surface area contributed by atoms with Gasteiger partial charge in [0.15, 0.2) is 83.8 Å². The van der Waals surface area contributed by atoms with Crippen molar-refractivity contribution < 1.29 is 309 Å². The highest BCUT2D eigenvalue weighted by Gasteiger charge is 3.07. The highest BCUT2D eigenvalue weighted by molar-refractivity contribution is 5.87. The van der Waals surface area contributed by atoms with E-state index in [1.807, 2.05) is 0 Å². The molecule has 126 heavy (non-hydrogen) atoms. The van der Waals surface area contributed by atoms with Crippen LogP contribution < -0.4 is 0 Å². The van der Waals surface area contributed by atoms with Gasteiger partial charge in [0, 0.05) is 0 Å². The Morgan fingerprint density at radius 1 is 0.175 bits per heavy atom. The number of ether oxygens (including phenoxy) is 20. The summed E-state index contributed by atoms with van der Waals surface area (Å²) in [6.07, 6.45) is 0. The Bertz CT molecular complexity index is 2630. The molecule has 1 atom stereocenters. The summed E-state index contributed by atoms with van der Waals surface area (Å²) in [6, 6.07) is 0. The van der Waals surface area contributed by atoms with E-state index in [1.54, 1.807) is 0 Å². The molecule has 0 heterocycles. The summed E-state index contributed by atoms with van der Waals surface area (Å²) >= 11 is 0. The van der Waals surface area contributed by atoms with E-state index in [0.29, 0.717) is 6.92 Å². The topological polar surface area (TPSA) is 1030 Å². The van der Waals surface area contributed by atoms with Crippen LogP contribution in [0, 0.1) is 5.41 Å². The number of aliphatic hydroxyl groups excluding tert-OH is 41. The molecular formula is C64H128O62. The monoisotopic (exact) mass is 1890 g/mol. The van der Waals surface area contributed by atoms with Gasteiger partial charge in [0.2, 0.25) is 28.9 Å². The van der Waals surface area contributed by atoms with E-state index in [1.165, 1.54) is 0 Å². The zero-order chi connectivity index (χ0) is 97.4. The van der Waals surface area contributed by atoms with E-state index in [4.69, 9.17) is 94.7 Å². The zero-order valence-electron chi connectivity index (χ0n) is 68.1. The van der Waals surface area contributed by atoms with Gasteiger partial charge in [-0.05, 0) is 6.92 Å². The van der Waals surface area contributed by atoms with E-state index in [0.717, 1.165) is 0 Å². The van der Waals surface area contributed by atoms with E-state index in [2.05, 4.69) is 0 Å². The summed E-state index contributed by atoms with van der Waals surface area (Å²) in [5.41, 5.74) is -95.3. The third-order valence-corrected chi connectivity index (χ3v) is 22.1. The lowest BCUT2D eigenvalue weighted by Crippen LogP contribution is -3.08. The van der Waals surface area contributed by atoms with Gasteiger partial charge in [-0.25, -0.2) is 0 Å². The van der Waals surface area contributed by atoms with Crippen molar-refractivity contribution >= 4 is 5.97 Å². The van der Waals surface area contributed by atoms with Gasteiger partial charge < -0.3 is 304 Å². The average molecular weight is 1890 g/mol. The molecule has 0 saturated carbocycles. The molecule has 0 aliphatic heterocycles. The first-order chi connectivity index (χ1) is 60.0. The lowest BCUT2D eigenvalue weighted by atomic mass is 9.31. The van der Waals surface area contributed by atoms with Gasteiger partial charge in [0.1, 0.15) is 102 Å². The van der Waals surface area contributed by atoms with E-state index in [-0.39, 0.29) is 0 Å². The molecule has 0 rings (SSSR count). The second-order valence-corrected chi connectivity index (χ2v) is 26.8. The first kappa shape index (κ1) is 123. The highest BCUT2D eigenvalue weighted by Crippen LogP contribution is 2.80. The van der Waals surface area contributed by atoms with E-state index >= 15 is 4.79 Å². The van der Waals surface area contributed by atoms with Gasteiger partial charge in [-0.1, -0.05) is 0 Å². The second kappa shape index (κ2) is 54.0. The molecule has 0 bridgehead atoms. The average Bonchev–Trinajstić information content (AvgIpc) is 0.600. The first-order valence-electron chi connectivity index (χ1n) is 36.6. The number of aliphatic hydroxyl groups is 41. The van der Waals surface area contributed by atoms with Crippen molar-refractivity contribution in [2.75, 3.05) is 280 Å². The van der Waals surface area contributed by atoms with Crippen molar-refractivity contribution in [3.05, 3.63) is 0 Å². The van der Waals surface area contributed by atoms with Crippen molar-refractivity contribution in [2.24, 2.45) is 5.41 Å². The van der Waals surface area contributed by atoms with Gasteiger partial charge in [0.25, 0.3) is 0 Å². The van der Waals surface area contributed by atoms with Crippen LogP contribution >= 0.6 is 0 Å². The number of hydrogen-bond donors (Lipinski definition) is 41. The van der Waals surface area contributed by atoms with Crippen molar-refractivity contribution in [3.8, 4) is 0 Å². The molecule has 0 saturated heterocycles. The molecule has 0 aromatic rings. The quantitative estimate of drug-likeness (QED) is 0.0199. The van der Waals surface area contributed by atoms with Gasteiger partial charge in [0.05, 0.1) is 178 Å². The molecule has 62 heteroatoms. The minimum Gasteiger partial charge on any atom is -0.465 e. The summed E-state index contributed by atoms with van der Waals surface area (Å²) < 4.78 is 122. The number of esters is 1. The molecule has 0 radical (unpaired) electrons. The summed E-state index contributed by atoms with van der Waals surface area (Å²) in [5.74, 6) is -30.3. The summed E-state index contributed by atoms with van der Waals surface area (Å²) in [7, 11) is 0. The van der Waals surface area contributed by atoms with E-state index < -0.39 is 399 Å². The van der Waals surface area contributed by atoms with Gasteiger partial charge in [-0.3, -0.25) is 4.79 Å². The van der Waals surface area contributed by atoms with Crippen LogP contribution in [0.25, 0.3) is 0 Å². The van der Waals surface area contributed by atoms with Crippen molar-refractivity contribution in [1.29, 1.82) is 0 Å². The van der Waals surface area contributed by atoms with Crippen LogP contribution in [0.1, 0.15) is 6.92 Å². The number of hydrogen-bond acceptors (Lipinski definition) is 62. The van der Waals surface area contributed by atoms with Crippen molar-refractivity contribution in [3.63, 3.8) is 0 Å². The largest absolute Gasteiger partial charge is 0.465 e. The lowest BCUT2D eigenvalue weighted by Gasteiger charge is -2.83. The maximum atomic E-state index is 20.6. The molecule has 0 spiro atoms. The van der Waals surface area contributed by atoms with E-state index in [9.17, 15) is 209 Å². The minimum absolute atomic E-state index is 0.323. The maximum absolute atomic E-state index is 20.6. The third-order valence-electron chi connectivity index (χ3n) is 22.1. The predicted octanol–water partition coefficient (Wildman–Crippen LogP) is -26.2. The molecular weight excluding hydrogens is 1760 g/mol. The highest BCUT2D eigenvalue weighted by atomic mass is 16.9. The third kappa shape index (κ3) is 19.5. The number of carbonyl (C=O) groups is 1. The van der Waals surface area contributed by atoms with Crippen molar-refractivity contribution in [2.45, 2.75) is 114 Å². The molecule has 0 amide bonds. The van der Waals surface area contributed by atoms with Crippen LogP contribution in [-0.2, 0) is 99.5 Å². The fraction of sp³-hybridized carbons (Fsp3) is 0.984. The van der Waals surface area contributed by atoms with Gasteiger partial charge >= 0.3 is 5.97 Å². The van der Waals surface area contributed by atoms with Crippen LogP contribution in [0.15, 0.2) is 0 Å². The smallest absolute Gasteiger partial charge is 0.321 e. The molecule has 0 aromatic heterocycles. The Hall–Kier alpha value is -2.93. The molecule has 62 nitrogen and oxygen atoms in total. The molecule has 0 fully saturated rings. The molecule has 41 N–H and O–H groups in total. The molecule has 0 aliphatic carbocycles. The van der Waals surface area contributed by atoms with Crippen LogP contribution in [-0.4, -0.2) is 603 Å². The molecule has 0 aromatic carbocycles. The first-order valence-corrected chi connectivity index (χ1v) is 36.6. The van der Waals surface area contributed by atoms with Crippen LogP contribution in [0.5, 0.6) is 0 Å². The predicted molar refractivity (Wildman–Crippen MR) is 382 cm³/mol. The Morgan fingerprint density at radius 2 is 0.333 bits per heavy atom. The fourth-order valence-electron chi connectivity index (χ4n) is 16.4. The number of carbonyl (C=O) groups excluding carboxylic acids is 1. The zero-order valence-corrected chi connectivity index (χ0v) is 68.1. The lowest BCUT2D eigenvalue weighted by molar-refractivity contribution is -0.585. The molecule has 1 unspecified atom stereocenters. The number of rotatable bonds is 81. The second-order valence-electron chi connectivity index (χ2n) is 26.8. The van der Waals surface area contributed by atoms with Crippen LogP contribution in [0.4, 0.5) is 0 Å². The van der Waals surface area contributed by atoms with Crippen LogP contribution in [0.2, 0.25) is 0 Å². The molecule has 756 valence electrons. The van der Waals surface area contributed by atoms with Crippen LogP contribution in [0.3, 0.4) is 0 Å². The Morgan fingerprint density at radius 3 is 0.476 bits per heavy atom. The maximum Gasteiger partial charge on any atom is 0.321 e. The summed E-state index contributed by atoms with van der Waals surface area (Å²) in [4.78, 5) is 20.6. The summed E-state index contributed by atoms with van der Waals surface area (Å²) in [6.45, 7) is -127. The normalized spacial score (nSPS) is 15.0. The Kier molecular flexibility index (Phi) is 52.7. The SMILES string of the molecule is CCOC(=O)C(C(OC(CO)(CO)OCO)(C(CO)(CO)OCO)C(CO)(CO)OCO)(C(OC(CO)(CO)OCO)(C(CO)(CO)OCO)C(CO)(CO)OCO)C(OC(CO)(OCO)C(CO)(CO)OCO)(C(OC(CO)(CO)OCO)(C(CO)(CO)OCO)C(CO)(CO)OCO)C(OC(CO)(CO)OCO)(C(CO)(CO)OCO)C(CO)(CO)OCO. The fourth-order valence-corrected chi connectivity index (χ4v) is 16.4. The molecule has 0 aliphatic rings. The van der Waals surface area contributed by atoms with Gasteiger partial charge in [-0.15, -0.1) is 0 Å². The Balaban J connectivity index is 19.4. The van der Waals surface area contributed by atoms with Crippen molar-refractivity contribution in [1.82, 2.24) is 0 Å². The Labute approximate surface area is 713 Å². The minimum atomic E-state index is -7.98. The van der Waals surface area contributed by atoms with Gasteiger partial charge in [-0.2, -0.15) is 0 Å². The summed E-state index contributed by atoms with van der Waals surface area (Å²) in [5, 5.41) is 525.